The second kappa shape index (κ2) is 7.30. The van der Waals surface area contributed by atoms with Crippen LogP contribution >= 0.6 is 0 Å². The molecule has 0 N–H and O–H groups in total. The zero-order valence-corrected chi connectivity index (χ0v) is 17.1. The molecule has 1 fully saturated rings. The Kier molecular flexibility index (Phi) is 4.62. The molecule has 2 aliphatic heterocycles. The molecule has 0 saturated carbocycles. The van der Waals surface area contributed by atoms with Crippen molar-refractivity contribution in [3.8, 4) is 0 Å². The predicted molar refractivity (Wildman–Crippen MR) is 110 cm³/mol. The van der Waals surface area contributed by atoms with Gasteiger partial charge in [-0.2, -0.15) is 0 Å². The van der Waals surface area contributed by atoms with E-state index in [0.717, 1.165) is 73.6 Å². The Balaban J connectivity index is 1.37. The first-order valence-electron chi connectivity index (χ1n) is 10.5. The molecule has 152 valence electrons. The third-order valence-corrected chi connectivity index (χ3v) is 6.23. The van der Waals surface area contributed by atoms with E-state index in [4.69, 9.17) is 4.42 Å². The number of amides is 1. The smallest absolute Gasteiger partial charge is 0.289 e. The minimum atomic E-state index is -0.0288. The number of rotatable bonds is 2. The van der Waals surface area contributed by atoms with Gasteiger partial charge in [0.1, 0.15) is 17.2 Å². The van der Waals surface area contributed by atoms with Crippen molar-refractivity contribution < 1.29 is 9.21 Å². The average Bonchev–Trinajstić information content (AvgIpc) is 3.29. The number of likely N-dealkylation sites (N-methyl/N-ethyl adjacent to an activating group) is 1. The molecule has 0 radical (unpaired) electrons. The first-order valence-corrected chi connectivity index (χ1v) is 10.5. The van der Waals surface area contributed by atoms with Crippen LogP contribution in [0.25, 0.3) is 11.0 Å². The molecule has 2 aliphatic rings. The summed E-state index contributed by atoms with van der Waals surface area (Å²) in [5.74, 6) is 2.73. The van der Waals surface area contributed by atoms with Gasteiger partial charge in [0.05, 0.1) is 0 Å². The van der Waals surface area contributed by atoms with Crippen LogP contribution in [0, 0.1) is 6.92 Å². The highest BCUT2D eigenvalue weighted by Gasteiger charge is 2.31. The number of likely N-dealkylation sites (tertiary alicyclic amines) is 1. The summed E-state index contributed by atoms with van der Waals surface area (Å²) in [5, 5.41) is 9.97. The lowest BCUT2D eigenvalue weighted by Gasteiger charge is -2.32. The molecule has 2 aromatic heterocycles. The maximum Gasteiger partial charge on any atom is 0.289 e. The van der Waals surface area contributed by atoms with Gasteiger partial charge < -0.3 is 18.8 Å². The highest BCUT2D eigenvalue weighted by molar-refractivity contribution is 5.96. The Bertz CT molecular complexity index is 1050. The van der Waals surface area contributed by atoms with Gasteiger partial charge in [-0.3, -0.25) is 4.79 Å². The molecule has 1 atom stereocenters. The molecule has 1 saturated heterocycles. The average molecular weight is 393 g/mol. The third kappa shape index (κ3) is 3.44. The van der Waals surface area contributed by atoms with E-state index in [1.165, 1.54) is 0 Å². The molecule has 0 aliphatic carbocycles. The monoisotopic (exact) mass is 393 g/mol. The van der Waals surface area contributed by atoms with Crippen LogP contribution in [-0.2, 0) is 13.0 Å². The van der Waals surface area contributed by atoms with Gasteiger partial charge in [-0.25, -0.2) is 0 Å². The van der Waals surface area contributed by atoms with E-state index in [-0.39, 0.29) is 11.8 Å². The number of piperidine rings is 1. The standard InChI is InChI=1S/C22H27N5O2/c1-15-5-6-18-17(12-15)13-19(29-18)22(28)26-8-3-4-16(14-26)21-24-23-20-7-9-25(2)10-11-27(20)21/h5-6,12-13,16H,3-4,7-11,14H2,1-2H3/t16-/m0/s1. The van der Waals surface area contributed by atoms with E-state index in [1.54, 1.807) is 0 Å². The van der Waals surface area contributed by atoms with E-state index in [9.17, 15) is 4.79 Å². The maximum absolute atomic E-state index is 13.1. The minimum absolute atomic E-state index is 0.0288. The minimum Gasteiger partial charge on any atom is -0.451 e. The summed E-state index contributed by atoms with van der Waals surface area (Å²) >= 11 is 0. The molecule has 1 amide bonds. The van der Waals surface area contributed by atoms with E-state index in [1.807, 2.05) is 30.0 Å². The van der Waals surface area contributed by atoms with Crippen LogP contribution in [0.1, 0.15) is 46.5 Å². The van der Waals surface area contributed by atoms with Crippen molar-refractivity contribution in [2.75, 3.05) is 33.2 Å². The predicted octanol–water partition coefficient (Wildman–Crippen LogP) is 2.84. The van der Waals surface area contributed by atoms with Crippen LogP contribution in [0.3, 0.4) is 0 Å². The molecule has 0 unspecified atom stereocenters. The number of benzene rings is 1. The fraction of sp³-hybridized carbons (Fsp3) is 0.500. The number of fused-ring (bicyclic) bond motifs is 2. The lowest BCUT2D eigenvalue weighted by atomic mass is 9.96. The number of carbonyl (C=O) groups is 1. The molecule has 7 heteroatoms. The van der Waals surface area contributed by atoms with Gasteiger partial charge in [0.25, 0.3) is 5.91 Å². The number of aryl methyl sites for hydroxylation is 1. The van der Waals surface area contributed by atoms with Crippen LogP contribution in [-0.4, -0.2) is 63.7 Å². The molecule has 4 heterocycles. The summed E-state index contributed by atoms with van der Waals surface area (Å²) in [6, 6.07) is 7.86. The SMILES string of the molecule is Cc1ccc2oc(C(=O)N3CCC[C@H](c4nnc5n4CCN(C)CC5)C3)cc2c1. The van der Waals surface area contributed by atoms with Gasteiger partial charge in [0.2, 0.25) is 0 Å². The van der Waals surface area contributed by atoms with Crippen molar-refractivity contribution in [2.24, 2.45) is 0 Å². The topological polar surface area (TPSA) is 67.4 Å². The van der Waals surface area contributed by atoms with E-state index >= 15 is 0 Å². The zero-order chi connectivity index (χ0) is 20.0. The van der Waals surface area contributed by atoms with Gasteiger partial charge in [0, 0.05) is 50.4 Å². The Hall–Kier alpha value is -2.67. The number of nitrogens with zero attached hydrogens (tertiary/aromatic N) is 5. The number of aromatic nitrogens is 3. The first kappa shape index (κ1) is 18.4. The Morgan fingerprint density at radius 2 is 2.03 bits per heavy atom. The van der Waals surface area contributed by atoms with Crippen LogP contribution in [0.2, 0.25) is 0 Å². The van der Waals surface area contributed by atoms with Crippen molar-refractivity contribution in [3.63, 3.8) is 0 Å². The van der Waals surface area contributed by atoms with Gasteiger partial charge in [-0.05, 0) is 45.0 Å². The van der Waals surface area contributed by atoms with E-state index in [2.05, 4.69) is 32.8 Å². The van der Waals surface area contributed by atoms with Crippen LogP contribution in [0.4, 0.5) is 0 Å². The lowest BCUT2D eigenvalue weighted by Crippen LogP contribution is -2.39. The van der Waals surface area contributed by atoms with Crippen molar-refractivity contribution in [3.05, 3.63) is 47.2 Å². The van der Waals surface area contributed by atoms with E-state index < -0.39 is 0 Å². The third-order valence-electron chi connectivity index (χ3n) is 6.23. The molecular weight excluding hydrogens is 366 g/mol. The van der Waals surface area contributed by atoms with Gasteiger partial charge >= 0.3 is 0 Å². The molecule has 29 heavy (non-hydrogen) atoms. The molecule has 7 nitrogen and oxygen atoms in total. The van der Waals surface area contributed by atoms with Crippen molar-refractivity contribution in [2.45, 2.75) is 38.6 Å². The Labute approximate surface area is 170 Å². The highest BCUT2D eigenvalue weighted by Crippen LogP contribution is 2.29. The number of carbonyl (C=O) groups excluding carboxylic acids is 1. The van der Waals surface area contributed by atoms with E-state index in [0.29, 0.717) is 12.3 Å². The van der Waals surface area contributed by atoms with Gasteiger partial charge in [-0.15, -0.1) is 10.2 Å². The summed E-state index contributed by atoms with van der Waals surface area (Å²) < 4.78 is 8.14. The quantitative estimate of drug-likeness (QED) is 0.670. The van der Waals surface area contributed by atoms with Crippen LogP contribution in [0.5, 0.6) is 0 Å². The number of hydrogen-bond acceptors (Lipinski definition) is 5. The summed E-state index contributed by atoms with van der Waals surface area (Å²) in [6.07, 6.45) is 2.94. The molecular formula is C22H27N5O2. The van der Waals surface area contributed by atoms with Crippen LogP contribution < -0.4 is 0 Å². The zero-order valence-electron chi connectivity index (χ0n) is 17.1. The fourth-order valence-electron chi connectivity index (χ4n) is 4.55. The summed E-state index contributed by atoms with van der Waals surface area (Å²) in [4.78, 5) is 17.4. The van der Waals surface area contributed by atoms with Crippen molar-refractivity contribution in [1.29, 1.82) is 0 Å². The number of hydrogen-bond donors (Lipinski definition) is 0. The van der Waals surface area contributed by atoms with Gasteiger partial charge in [-0.1, -0.05) is 11.6 Å². The molecule has 0 bridgehead atoms. The Morgan fingerprint density at radius 3 is 2.93 bits per heavy atom. The van der Waals surface area contributed by atoms with Crippen molar-refractivity contribution in [1.82, 2.24) is 24.6 Å². The normalized spacial score (nSPS) is 20.6. The molecule has 5 rings (SSSR count). The molecule has 3 aromatic rings. The second-order valence-corrected chi connectivity index (χ2v) is 8.42. The lowest BCUT2D eigenvalue weighted by molar-refractivity contribution is 0.0673. The number of furan rings is 1. The van der Waals surface area contributed by atoms with Crippen molar-refractivity contribution >= 4 is 16.9 Å². The fourth-order valence-corrected chi connectivity index (χ4v) is 4.55. The maximum atomic E-state index is 13.1. The molecule has 0 spiro atoms. The highest BCUT2D eigenvalue weighted by atomic mass is 16.3. The largest absolute Gasteiger partial charge is 0.451 e. The Morgan fingerprint density at radius 1 is 1.14 bits per heavy atom. The second-order valence-electron chi connectivity index (χ2n) is 8.42. The van der Waals surface area contributed by atoms with Crippen LogP contribution in [0.15, 0.2) is 28.7 Å². The first-order chi connectivity index (χ1) is 14.1. The summed E-state index contributed by atoms with van der Waals surface area (Å²) in [5.41, 5.74) is 1.92. The van der Waals surface area contributed by atoms with Gasteiger partial charge in [0.15, 0.2) is 5.76 Å². The summed E-state index contributed by atoms with van der Waals surface area (Å²) in [6.45, 7) is 6.41. The molecule has 1 aromatic carbocycles. The summed E-state index contributed by atoms with van der Waals surface area (Å²) in [7, 11) is 2.15.